The van der Waals surface area contributed by atoms with Gasteiger partial charge in [-0.15, -0.1) is 0 Å². The van der Waals surface area contributed by atoms with Crippen molar-refractivity contribution in [2.75, 3.05) is 7.11 Å². The molecule has 0 N–H and O–H groups in total. The quantitative estimate of drug-likeness (QED) is 0.351. The van der Waals surface area contributed by atoms with Crippen LogP contribution in [0.15, 0.2) is 91.3 Å². The first kappa shape index (κ1) is 17.6. The summed E-state index contributed by atoms with van der Waals surface area (Å²) < 4.78 is 7.57. The fraction of sp³-hybridized carbons (Fsp3) is 0.0385. The fourth-order valence-electron chi connectivity index (χ4n) is 4.19. The van der Waals surface area contributed by atoms with Gasteiger partial charge in [0, 0.05) is 34.4 Å². The van der Waals surface area contributed by atoms with Crippen molar-refractivity contribution in [1.29, 1.82) is 0 Å². The maximum Gasteiger partial charge on any atom is 0.145 e. The van der Waals surface area contributed by atoms with Crippen LogP contribution in [0.3, 0.4) is 0 Å². The van der Waals surface area contributed by atoms with E-state index in [1.54, 1.807) is 13.3 Å². The molecule has 0 atom stereocenters. The summed E-state index contributed by atoms with van der Waals surface area (Å²) in [5.74, 6) is 1.68. The lowest BCUT2D eigenvalue weighted by Gasteiger charge is -2.12. The highest BCUT2D eigenvalue weighted by molar-refractivity contribution is 6.21. The van der Waals surface area contributed by atoms with Crippen molar-refractivity contribution >= 4 is 32.8 Å². The van der Waals surface area contributed by atoms with E-state index in [1.165, 1.54) is 0 Å². The van der Waals surface area contributed by atoms with Gasteiger partial charge in [0.05, 0.1) is 29.2 Å². The number of methoxy groups -OCH3 is 1. The second-order valence-electron chi connectivity index (χ2n) is 7.33. The Kier molecular flexibility index (Phi) is 3.93. The van der Waals surface area contributed by atoms with Gasteiger partial charge >= 0.3 is 0 Å². The van der Waals surface area contributed by atoms with E-state index in [1.807, 2.05) is 60.8 Å². The molecule has 3 heterocycles. The van der Waals surface area contributed by atoms with Crippen LogP contribution in [-0.2, 0) is 0 Å². The average Bonchev–Trinajstić information content (AvgIpc) is 3.26. The number of para-hydroxylation sites is 1. The first-order valence-corrected chi connectivity index (χ1v) is 10.1. The Hall–Kier alpha value is -4.25. The summed E-state index contributed by atoms with van der Waals surface area (Å²) in [5.41, 5.74) is 5.74. The zero-order chi connectivity index (χ0) is 20.8. The summed E-state index contributed by atoms with van der Waals surface area (Å²) >= 11 is 0. The summed E-state index contributed by atoms with van der Waals surface area (Å²) in [6.45, 7) is 0. The molecule has 0 radical (unpaired) electrons. The molecule has 0 saturated carbocycles. The second-order valence-corrected chi connectivity index (χ2v) is 7.33. The SMILES string of the molecule is COc1ccc(-c2nc3c4cccnc4c4ncccc4c3n2-c2ccccc2)cc1. The molecule has 0 amide bonds. The summed E-state index contributed by atoms with van der Waals surface area (Å²) in [4.78, 5) is 14.5. The topological polar surface area (TPSA) is 52.8 Å². The van der Waals surface area contributed by atoms with Gasteiger partial charge in [-0.1, -0.05) is 18.2 Å². The van der Waals surface area contributed by atoms with Gasteiger partial charge in [-0.2, -0.15) is 0 Å². The first-order chi connectivity index (χ1) is 15.3. The Morgan fingerprint density at radius 3 is 2.06 bits per heavy atom. The van der Waals surface area contributed by atoms with E-state index < -0.39 is 0 Å². The predicted molar refractivity (Wildman–Crippen MR) is 124 cm³/mol. The van der Waals surface area contributed by atoms with Crippen LogP contribution < -0.4 is 4.74 Å². The molecule has 6 aromatic rings. The highest BCUT2D eigenvalue weighted by Crippen LogP contribution is 2.37. The largest absolute Gasteiger partial charge is 0.497 e. The lowest BCUT2D eigenvalue weighted by Crippen LogP contribution is -1.98. The minimum Gasteiger partial charge on any atom is -0.497 e. The number of benzene rings is 3. The number of aromatic nitrogens is 4. The molecule has 0 bridgehead atoms. The van der Waals surface area contributed by atoms with Crippen molar-refractivity contribution in [2.24, 2.45) is 0 Å². The molecular formula is C26H18N4O. The van der Waals surface area contributed by atoms with Crippen molar-refractivity contribution in [3.8, 4) is 22.8 Å². The predicted octanol–water partition coefficient (Wildman–Crippen LogP) is 5.80. The molecule has 3 aromatic carbocycles. The summed E-state index contributed by atoms with van der Waals surface area (Å²) in [7, 11) is 1.67. The fourth-order valence-corrected chi connectivity index (χ4v) is 4.19. The lowest BCUT2D eigenvalue weighted by atomic mass is 10.1. The minimum absolute atomic E-state index is 0.815. The minimum atomic E-state index is 0.815. The van der Waals surface area contributed by atoms with E-state index in [0.29, 0.717) is 0 Å². The molecule has 0 unspecified atom stereocenters. The van der Waals surface area contributed by atoms with Gasteiger partial charge in [-0.3, -0.25) is 14.5 Å². The molecule has 148 valence electrons. The highest BCUT2D eigenvalue weighted by atomic mass is 16.5. The molecule has 5 heteroatoms. The van der Waals surface area contributed by atoms with Gasteiger partial charge in [0.1, 0.15) is 11.6 Å². The number of hydrogen-bond acceptors (Lipinski definition) is 4. The maximum absolute atomic E-state index is 5.35. The van der Waals surface area contributed by atoms with Crippen molar-refractivity contribution in [2.45, 2.75) is 0 Å². The number of rotatable bonds is 3. The van der Waals surface area contributed by atoms with Gasteiger partial charge in [-0.05, 0) is 60.7 Å². The van der Waals surface area contributed by atoms with Crippen LogP contribution in [0.1, 0.15) is 0 Å². The van der Waals surface area contributed by atoms with Crippen LogP contribution >= 0.6 is 0 Å². The van der Waals surface area contributed by atoms with E-state index in [4.69, 9.17) is 9.72 Å². The van der Waals surface area contributed by atoms with E-state index in [9.17, 15) is 0 Å². The number of pyridine rings is 2. The van der Waals surface area contributed by atoms with Gasteiger partial charge in [0.25, 0.3) is 0 Å². The highest BCUT2D eigenvalue weighted by Gasteiger charge is 2.20. The van der Waals surface area contributed by atoms with Crippen molar-refractivity contribution in [3.05, 3.63) is 91.3 Å². The summed E-state index contributed by atoms with van der Waals surface area (Å²) in [6, 6.07) is 26.4. The number of fused-ring (bicyclic) bond motifs is 6. The number of imidazole rings is 1. The molecule has 5 nitrogen and oxygen atoms in total. The monoisotopic (exact) mass is 402 g/mol. The first-order valence-electron chi connectivity index (χ1n) is 10.1. The van der Waals surface area contributed by atoms with Crippen LogP contribution in [0.5, 0.6) is 5.75 Å². The van der Waals surface area contributed by atoms with Gasteiger partial charge < -0.3 is 4.74 Å². The normalized spacial score (nSPS) is 11.4. The Bertz CT molecular complexity index is 1550. The third-order valence-corrected chi connectivity index (χ3v) is 5.59. The Labute approximate surface area is 178 Å². The molecule has 0 fully saturated rings. The summed E-state index contributed by atoms with van der Waals surface area (Å²) in [6.07, 6.45) is 3.62. The van der Waals surface area contributed by atoms with Crippen molar-refractivity contribution in [1.82, 2.24) is 19.5 Å². The van der Waals surface area contributed by atoms with Crippen LogP contribution in [0.4, 0.5) is 0 Å². The average molecular weight is 402 g/mol. The van der Waals surface area contributed by atoms with Crippen molar-refractivity contribution < 1.29 is 4.74 Å². The molecule has 0 aliphatic heterocycles. The van der Waals surface area contributed by atoms with Crippen LogP contribution in [0, 0.1) is 0 Å². The molecule has 0 aliphatic rings. The molecule has 0 spiro atoms. The van der Waals surface area contributed by atoms with Gasteiger partial charge in [0.2, 0.25) is 0 Å². The third kappa shape index (κ3) is 2.67. The van der Waals surface area contributed by atoms with E-state index in [-0.39, 0.29) is 0 Å². The zero-order valence-electron chi connectivity index (χ0n) is 16.9. The standard InChI is InChI=1S/C26H18N4O/c1-31-19-13-11-17(12-14-19)26-29-24-20-9-5-15-27-22(20)23-21(10-6-16-28-23)25(24)30(26)18-7-3-2-4-8-18/h2-16H,1H3. The van der Waals surface area contributed by atoms with Crippen LogP contribution in [0.2, 0.25) is 0 Å². The van der Waals surface area contributed by atoms with Crippen LogP contribution in [0.25, 0.3) is 49.9 Å². The van der Waals surface area contributed by atoms with E-state index in [0.717, 1.165) is 55.7 Å². The maximum atomic E-state index is 5.35. The Morgan fingerprint density at radius 2 is 1.35 bits per heavy atom. The lowest BCUT2D eigenvalue weighted by molar-refractivity contribution is 0.415. The number of hydrogen-bond donors (Lipinski definition) is 0. The number of nitrogens with zero attached hydrogens (tertiary/aromatic N) is 4. The van der Waals surface area contributed by atoms with Gasteiger partial charge in [-0.25, -0.2) is 4.98 Å². The molecule has 6 rings (SSSR count). The van der Waals surface area contributed by atoms with Crippen molar-refractivity contribution in [3.63, 3.8) is 0 Å². The molecule has 0 saturated heterocycles. The number of ether oxygens (including phenoxy) is 1. The van der Waals surface area contributed by atoms with Crippen LogP contribution in [-0.4, -0.2) is 26.6 Å². The Balaban J connectivity index is 1.82. The smallest absolute Gasteiger partial charge is 0.145 e. The molecule has 3 aromatic heterocycles. The Morgan fingerprint density at radius 1 is 0.677 bits per heavy atom. The molecule has 0 aliphatic carbocycles. The van der Waals surface area contributed by atoms with Gasteiger partial charge in [0.15, 0.2) is 0 Å². The van der Waals surface area contributed by atoms with E-state index in [2.05, 4.69) is 38.8 Å². The third-order valence-electron chi connectivity index (χ3n) is 5.59. The zero-order valence-corrected chi connectivity index (χ0v) is 16.9. The van der Waals surface area contributed by atoms with E-state index >= 15 is 0 Å². The summed E-state index contributed by atoms with van der Waals surface area (Å²) in [5, 5.41) is 2.02. The second kappa shape index (κ2) is 6.92. The molecular weight excluding hydrogens is 384 g/mol. The molecule has 31 heavy (non-hydrogen) atoms.